The third-order valence-corrected chi connectivity index (χ3v) is 9.13. The van der Waals surface area contributed by atoms with Crippen LogP contribution in [0.5, 0.6) is 11.5 Å². The van der Waals surface area contributed by atoms with E-state index in [2.05, 4.69) is 4.99 Å². The molecule has 3 aromatic rings. The van der Waals surface area contributed by atoms with Crippen molar-refractivity contribution in [3.63, 3.8) is 0 Å². The molecule has 0 aromatic heterocycles. The zero-order valence-corrected chi connectivity index (χ0v) is 20.6. The normalized spacial score (nSPS) is 22.1. The number of benzene rings is 3. The average molecular weight is 513 g/mol. The molecule has 2 aliphatic rings. The summed E-state index contributed by atoms with van der Waals surface area (Å²) in [6.45, 7) is 1.97. The van der Waals surface area contributed by atoms with Crippen molar-refractivity contribution < 1.29 is 17.9 Å². The van der Waals surface area contributed by atoms with Crippen LogP contribution in [0.4, 0.5) is 5.69 Å². The number of aryl methyl sites for hydroxylation is 1. The number of thioether (sulfide) groups is 1. The van der Waals surface area contributed by atoms with E-state index in [1.807, 2.05) is 37.3 Å². The number of amides is 1. The highest BCUT2D eigenvalue weighted by atomic mass is 35.5. The SMILES string of the molecule is Cc1cccc(Oc2ccc(Cl)cc2N2C(=NC(=O)c3ccccc3)S[C@H]3CS(=O)(=O)C[C@@H]32)c1. The Morgan fingerprint density at radius 2 is 1.85 bits per heavy atom. The first kappa shape index (κ1) is 23.0. The van der Waals surface area contributed by atoms with E-state index >= 15 is 0 Å². The van der Waals surface area contributed by atoms with Crippen molar-refractivity contribution in [1.29, 1.82) is 0 Å². The molecule has 2 heterocycles. The van der Waals surface area contributed by atoms with Gasteiger partial charge in [-0.15, -0.1) is 0 Å². The summed E-state index contributed by atoms with van der Waals surface area (Å²) in [5, 5.41) is 0.669. The molecule has 2 saturated heterocycles. The highest BCUT2D eigenvalue weighted by Gasteiger charge is 2.50. The number of carbonyl (C=O) groups excluding carboxylic acids is 1. The van der Waals surface area contributed by atoms with Crippen molar-refractivity contribution >= 4 is 50.0 Å². The summed E-state index contributed by atoms with van der Waals surface area (Å²) in [5.41, 5.74) is 2.08. The molecule has 0 bridgehead atoms. The zero-order chi connectivity index (χ0) is 23.9. The number of hydrogen-bond acceptors (Lipinski definition) is 5. The smallest absolute Gasteiger partial charge is 0.279 e. The molecule has 2 aliphatic heterocycles. The molecule has 0 spiro atoms. The second kappa shape index (κ2) is 9.09. The van der Waals surface area contributed by atoms with Crippen LogP contribution in [-0.2, 0) is 9.84 Å². The highest BCUT2D eigenvalue weighted by molar-refractivity contribution is 8.16. The van der Waals surface area contributed by atoms with E-state index < -0.39 is 9.84 Å². The van der Waals surface area contributed by atoms with Gasteiger partial charge in [-0.2, -0.15) is 4.99 Å². The third kappa shape index (κ3) is 4.71. The van der Waals surface area contributed by atoms with Crippen LogP contribution in [0, 0.1) is 6.92 Å². The van der Waals surface area contributed by atoms with Crippen LogP contribution >= 0.6 is 23.4 Å². The van der Waals surface area contributed by atoms with Crippen molar-refractivity contribution in [1.82, 2.24) is 0 Å². The molecule has 1 amide bonds. The molecule has 6 nitrogen and oxygen atoms in total. The van der Waals surface area contributed by atoms with E-state index in [4.69, 9.17) is 16.3 Å². The monoisotopic (exact) mass is 512 g/mol. The minimum Gasteiger partial charge on any atom is -0.455 e. The van der Waals surface area contributed by atoms with Gasteiger partial charge in [-0.25, -0.2) is 8.42 Å². The Morgan fingerprint density at radius 3 is 2.62 bits per heavy atom. The Bertz CT molecular complexity index is 1390. The van der Waals surface area contributed by atoms with Gasteiger partial charge in [-0.1, -0.05) is 53.7 Å². The molecule has 0 N–H and O–H groups in total. The number of amidine groups is 1. The fourth-order valence-corrected chi connectivity index (χ4v) is 8.22. The number of fused-ring (bicyclic) bond motifs is 1. The van der Waals surface area contributed by atoms with Crippen molar-refractivity contribution in [2.75, 3.05) is 16.4 Å². The minimum atomic E-state index is -3.21. The van der Waals surface area contributed by atoms with Crippen LogP contribution in [-0.4, -0.2) is 42.3 Å². The number of ether oxygens (including phenoxy) is 1. The Balaban J connectivity index is 1.59. The first-order chi connectivity index (χ1) is 16.3. The third-order valence-electron chi connectivity index (χ3n) is 5.68. The minimum absolute atomic E-state index is 0.0282. The lowest BCUT2D eigenvalue weighted by molar-refractivity contribution is 0.100. The molecule has 0 aliphatic carbocycles. The second-order valence-electron chi connectivity index (χ2n) is 8.27. The van der Waals surface area contributed by atoms with E-state index in [9.17, 15) is 13.2 Å². The topological polar surface area (TPSA) is 76.0 Å². The van der Waals surface area contributed by atoms with Gasteiger partial charge in [0.05, 0.1) is 23.2 Å². The van der Waals surface area contributed by atoms with E-state index in [1.165, 1.54) is 11.8 Å². The van der Waals surface area contributed by atoms with Crippen molar-refractivity contribution in [2.45, 2.75) is 18.2 Å². The molecule has 2 atom stereocenters. The predicted octanol–water partition coefficient (Wildman–Crippen LogP) is 5.36. The Morgan fingerprint density at radius 1 is 1.06 bits per heavy atom. The maximum atomic E-state index is 12.9. The largest absolute Gasteiger partial charge is 0.455 e. The number of nitrogens with zero attached hydrogens (tertiary/aromatic N) is 2. The van der Waals surface area contributed by atoms with Gasteiger partial charge in [0.1, 0.15) is 5.75 Å². The average Bonchev–Trinajstić information content (AvgIpc) is 3.26. The molecule has 34 heavy (non-hydrogen) atoms. The molecular weight excluding hydrogens is 492 g/mol. The standard InChI is InChI=1S/C25H21ClN2O4S2/c1-16-6-5-9-19(12-16)32-22-11-10-18(26)13-20(22)28-21-14-34(30,31)15-23(21)33-25(28)27-24(29)17-7-3-2-4-8-17/h2-13,21,23H,14-15H2,1H3/t21-,23-/m0/s1. The highest BCUT2D eigenvalue weighted by Crippen LogP contribution is 2.45. The van der Waals surface area contributed by atoms with Crippen LogP contribution in [0.15, 0.2) is 77.8 Å². The fourth-order valence-electron chi connectivity index (χ4n) is 4.15. The molecule has 174 valence electrons. The van der Waals surface area contributed by atoms with E-state index in [0.29, 0.717) is 32.9 Å². The van der Waals surface area contributed by atoms with E-state index in [1.54, 1.807) is 47.4 Å². The lowest BCUT2D eigenvalue weighted by Crippen LogP contribution is -2.38. The number of hydrogen-bond donors (Lipinski definition) is 0. The summed E-state index contributed by atoms with van der Waals surface area (Å²) >= 11 is 7.67. The summed E-state index contributed by atoms with van der Waals surface area (Å²) in [6, 6.07) is 21.2. The molecule has 3 aromatic carbocycles. The lowest BCUT2D eigenvalue weighted by Gasteiger charge is -2.27. The molecule has 9 heteroatoms. The van der Waals surface area contributed by atoms with Gasteiger partial charge in [0.25, 0.3) is 5.91 Å². The molecular formula is C25H21ClN2O4S2. The van der Waals surface area contributed by atoms with Gasteiger partial charge in [0.2, 0.25) is 0 Å². The molecule has 5 rings (SSSR count). The van der Waals surface area contributed by atoms with Crippen molar-refractivity contribution in [3.05, 3.63) is 88.9 Å². The van der Waals surface area contributed by atoms with Gasteiger partial charge >= 0.3 is 0 Å². The van der Waals surface area contributed by atoms with Gasteiger partial charge in [0, 0.05) is 15.8 Å². The van der Waals surface area contributed by atoms with Gasteiger partial charge in [-0.05, 0) is 55.0 Å². The zero-order valence-electron chi connectivity index (χ0n) is 18.2. The fraction of sp³-hybridized carbons (Fsp3) is 0.200. The summed E-state index contributed by atoms with van der Waals surface area (Å²) < 4.78 is 31.1. The number of carbonyl (C=O) groups is 1. The number of halogens is 1. The van der Waals surface area contributed by atoms with Crippen LogP contribution < -0.4 is 9.64 Å². The van der Waals surface area contributed by atoms with Crippen molar-refractivity contribution in [2.24, 2.45) is 4.99 Å². The lowest BCUT2D eigenvalue weighted by atomic mass is 10.2. The Hall–Kier alpha value is -2.81. The van der Waals surface area contributed by atoms with Crippen LogP contribution in [0.2, 0.25) is 5.02 Å². The van der Waals surface area contributed by atoms with Crippen molar-refractivity contribution in [3.8, 4) is 11.5 Å². The van der Waals surface area contributed by atoms with Crippen LogP contribution in [0.25, 0.3) is 0 Å². The molecule has 0 radical (unpaired) electrons. The maximum absolute atomic E-state index is 12.9. The summed E-state index contributed by atoms with van der Waals surface area (Å²) in [7, 11) is -3.21. The van der Waals surface area contributed by atoms with E-state index in [-0.39, 0.29) is 28.7 Å². The molecule has 0 saturated carbocycles. The van der Waals surface area contributed by atoms with Gasteiger partial charge in [-0.3, -0.25) is 4.79 Å². The first-order valence-electron chi connectivity index (χ1n) is 10.7. The van der Waals surface area contributed by atoms with Crippen LogP contribution in [0.3, 0.4) is 0 Å². The maximum Gasteiger partial charge on any atom is 0.279 e. The molecule has 0 unspecified atom stereocenters. The Labute approximate surface area is 207 Å². The van der Waals surface area contributed by atoms with E-state index in [0.717, 1.165) is 5.56 Å². The number of rotatable bonds is 4. The van der Waals surface area contributed by atoms with Gasteiger partial charge in [0.15, 0.2) is 20.8 Å². The summed E-state index contributed by atoms with van der Waals surface area (Å²) in [6.07, 6.45) is 0. The summed E-state index contributed by atoms with van der Waals surface area (Å²) in [5.74, 6) is 0.760. The quantitative estimate of drug-likeness (QED) is 0.468. The second-order valence-corrected chi connectivity index (χ2v) is 12.1. The number of aliphatic imine (C=N–C) groups is 1. The Kier molecular flexibility index (Phi) is 6.14. The predicted molar refractivity (Wildman–Crippen MR) is 137 cm³/mol. The number of sulfone groups is 1. The first-order valence-corrected chi connectivity index (χ1v) is 13.8. The van der Waals surface area contributed by atoms with Gasteiger partial charge < -0.3 is 9.64 Å². The summed E-state index contributed by atoms with van der Waals surface area (Å²) in [4.78, 5) is 19.1. The van der Waals surface area contributed by atoms with Crippen LogP contribution in [0.1, 0.15) is 15.9 Å². The number of anilines is 1. The molecule has 2 fully saturated rings.